The molecule has 110 valence electrons. The van der Waals surface area contributed by atoms with Gasteiger partial charge in [0.1, 0.15) is 17.5 Å². The first-order chi connectivity index (χ1) is 10.0. The van der Waals surface area contributed by atoms with Crippen molar-refractivity contribution in [1.29, 1.82) is 0 Å². The van der Waals surface area contributed by atoms with Gasteiger partial charge in [-0.05, 0) is 19.1 Å². The molecule has 0 aliphatic carbocycles. The van der Waals surface area contributed by atoms with Gasteiger partial charge in [0, 0.05) is 6.42 Å². The number of nitrogens with zero attached hydrogens (tertiary/aromatic N) is 1. The second-order valence-corrected chi connectivity index (χ2v) is 6.18. The summed E-state index contributed by atoms with van der Waals surface area (Å²) in [5, 5.41) is 3.04. The predicted molar refractivity (Wildman–Crippen MR) is 78.7 cm³/mol. The van der Waals surface area contributed by atoms with E-state index in [0.717, 1.165) is 11.8 Å². The summed E-state index contributed by atoms with van der Waals surface area (Å²) >= 11 is 1.11. The van der Waals surface area contributed by atoms with E-state index >= 15 is 0 Å². The number of carbonyl (C=O) groups excluding carboxylic acids is 2. The zero-order valence-corrected chi connectivity index (χ0v) is 12.4. The van der Waals surface area contributed by atoms with Crippen molar-refractivity contribution in [3.8, 4) is 5.75 Å². The third-order valence-corrected chi connectivity index (χ3v) is 4.63. The van der Waals surface area contributed by atoms with Crippen molar-refractivity contribution in [3.05, 3.63) is 24.3 Å². The number of methoxy groups -OCH3 is 1. The van der Waals surface area contributed by atoms with E-state index in [-0.39, 0.29) is 12.0 Å². The minimum absolute atomic E-state index is 0.263. The van der Waals surface area contributed by atoms with Gasteiger partial charge in [-0.15, -0.1) is 0 Å². The number of amides is 1. The Balaban J connectivity index is 1.91. The molecule has 1 aromatic rings. The number of thioether (sulfide) groups is 1. The average Bonchev–Trinajstić information content (AvgIpc) is 2.91. The minimum atomic E-state index is -1.19. The van der Waals surface area contributed by atoms with Gasteiger partial charge in [0.2, 0.25) is 4.75 Å². The fourth-order valence-electron chi connectivity index (χ4n) is 2.39. The highest BCUT2D eigenvalue weighted by Gasteiger charge is 2.59. The molecule has 0 aromatic heterocycles. The molecule has 0 saturated carbocycles. The Morgan fingerprint density at radius 3 is 2.86 bits per heavy atom. The number of nitrogens with one attached hydrogen (secondary N) is 1. The summed E-state index contributed by atoms with van der Waals surface area (Å²) in [4.78, 5) is 28.5. The third-order valence-electron chi connectivity index (χ3n) is 3.38. The van der Waals surface area contributed by atoms with Gasteiger partial charge in [0.05, 0.1) is 7.11 Å². The monoisotopic (exact) mass is 306 g/mol. The Bertz CT molecular complexity index is 646. The van der Waals surface area contributed by atoms with E-state index in [1.165, 1.54) is 0 Å². The molecule has 2 aliphatic heterocycles. The van der Waals surface area contributed by atoms with Crippen LogP contribution in [0.15, 0.2) is 29.3 Å². The molecule has 1 amide bonds. The molecule has 2 heterocycles. The molecule has 0 radical (unpaired) electrons. The molecule has 1 spiro atoms. The maximum atomic E-state index is 12.2. The number of rotatable bonds is 2. The van der Waals surface area contributed by atoms with Gasteiger partial charge in [-0.3, -0.25) is 4.79 Å². The summed E-state index contributed by atoms with van der Waals surface area (Å²) in [7, 11) is 1.55. The summed E-state index contributed by atoms with van der Waals surface area (Å²) in [6.07, 6.45) is 0.0918. The number of aliphatic imine (C=N–C) groups is 1. The highest BCUT2D eigenvalue weighted by Crippen LogP contribution is 2.43. The number of para-hydroxylation sites is 2. The van der Waals surface area contributed by atoms with Crippen molar-refractivity contribution >= 4 is 34.5 Å². The van der Waals surface area contributed by atoms with Crippen LogP contribution in [0.3, 0.4) is 0 Å². The van der Waals surface area contributed by atoms with Gasteiger partial charge >= 0.3 is 5.97 Å². The molecule has 2 saturated heterocycles. The molecule has 3 rings (SSSR count). The topological polar surface area (TPSA) is 77.0 Å². The van der Waals surface area contributed by atoms with Crippen LogP contribution in [0.25, 0.3) is 0 Å². The molecular weight excluding hydrogens is 292 g/mol. The number of hydrogen-bond acceptors (Lipinski definition) is 6. The molecule has 0 bridgehead atoms. The fourth-order valence-corrected chi connectivity index (χ4v) is 3.60. The standard InChI is InChI=1S/C14H14N2O4S/c1-8-7-14(12(18)20-8)11(17)16-13(21-14)15-9-5-3-4-6-10(9)19-2/h3-6,8H,7H2,1-2H3,(H,15,16,17)/t8-,14+/m1/s1. The molecule has 1 N–H and O–H groups in total. The van der Waals surface area contributed by atoms with Crippen molar-refractivity contribution in [1.82, 2.24) is 5.32 Å². The van der Waals surface area contributed by atoms with Crippen LogP contribution in [-0.2, 0) is 14.3 Å². The number of amidine groups is 1. The van der Waals surface area contributed by atoms with Crippen molar-refractivity contribution in [3.63, 3.8) is 0 Å². The van der Waals surface area contributed by atoms with Crippen LogP contribution in [0.4, 0.5) is 5.69 Å². The van der Waals surface area contributed by atoms with Crippen molar-refractivity contribution in [2.75, 3.05) is 7.11 Å². The van der Waals surface area contributed by atoms with Crippen LogP contribution in [0.5, 0.6) is 5.75 Å². The molecule has 21 heavy (non-hydrogen) atoms. The van der Waals surface area contributed by atoms with Crippen LogP contribution in [0, 0.1) is 0 Å². The minimum Gasteiger partial charge on any atom is -0.494 e. The predicted octanol–water partition coefficient (Wildman–Crippen LogP) is 1.62. The quantitative estimate of drug-likeness (QED) is 0.663. The highest BCUT2D eigenvalue weighted by molar-refractivity contribution is 8.17. The Morgan fingerprint density at radius 2 is 2.19 bits per heavy atom. The maximum Gasteiger partial charge on any atom is 0.332 e. The van der Waals surface area contributed by atoms with Gasteiger partial charge in [-0.25, -0.2) is 9.79 Å². The van der Waals surface area contributed by atoms with Crippen LogP contribution < -0.4 is 10.1 Å². The van der Waals surface area contributed by atoms with E-state index in [4.69, 9.17) is 9.47 Å². The van der Waals surface area contributed by atoms with Crippen LogP contribution in [0.1, 0.15) is 13.3 Å². The SMILES string of the molecule is COc1ccccc1N=C1NC(=O)[C@]2(C[C@@H](C)OC2=O)S1. The van der Waals surface area contributed by atoms with Gasteiger partial charge in [-0.2, -0.15) is 0 Å². The Labute approximate surface area is 125 Å². The molecule has 7 heteroatoms. The summed E-state index contributed by atoms with van der Waals surface area (Å²) in [6.45, 7) is 1.77. The number of ether oxygens (including phenoxy) is 2. The van der Waals surface area contributed by atoms with Crippen molar-refractivity contribution < 1.29 is 19.1 Å². The van der Waals surface area contributed by atoms with Crippen molar-refractivity contribution in [2.45, 2.75) is 24.2 Å². The van der Waals surface area contributed by atoms with Gasteiger partial charge < -0.3 is 14.8 Å². The molecule has 2 atom stereocenters. The lowest BCUT2D eigenvalue weighted by molar-refractivity contribution is -0.144. The number of carbonyl (C=O) groups is 2. The highest BCUT2D eigenvalue weighted by atomic mass is 32.2. The molecule has 6 nitrogen and oxygen atoms in total. The summed E-state index contributed by atoms with van der Waals surface area (Å²) in [5.74, 6) is -0.263. The lowest BCUT2D eigenvalue weighted by Crippen LogP contribution is -2.40. The summed E-state index contributed by atoms with van der Waals surface area (Å²) in [6, 6.07) is 7.22. The molecule has 2 aliphatic rings. The van der Waals surface area contributed by atoms with Gasteiger partial charge in [-0.1, -0.05) is 23.9 Å². The van der Waals surface area contributed by atoms with E-state index in [0.29, 0.717) is 23.0 Å². The lowest BCUT2D eigenvalue weighted by atomic mass is 10.0. The van der Waals surface area contributed by atoms with Gasteiger partial charge in [0.15, 0.2) is 5.17 Å². The lowest BCUT2D eigenvalue weighted by Gasteiger charge is -2.10. The zero-order chi connectivity index (χ0) is 15.0. The second-order valence-electron chi connectivity index (χ2n) is 4.89. The third kappa shape index (κ3) is 2.27. The average molecular weight is 306 g/mol. The van der Waals surface area contributed by atoms with Crippen molar-refractivity contribution in [2.24, 2.45) is 4.99 Å². The first-order valence-corrected chi connectivity index (χ1v) is 7.30. The first-order valence-electron chi connectivity index (χ1n) is 6.48. The second kappa shape index (κ2) is 5.07. The number of esters is 1. The summed E-state index contributed by atoms with van der Waals surface area (Å²) in [5.41, 5.74) is 0.597. The van der Waals surface area contributed by atoms with E-state index in [2.05, 4.69) is 10.3 Å². The van der Waals surface area contributed by atoms with E-state index in [1.54, 1.807) is 26.2 Å². The van der Waals surface area contributed by atoms with Crippen LogP contribution in [-0.4, -0.2) is 35.0 Å². The van der Waals surface area contributed by atoms with Crippen LogP contribution >= 0.6 is 11.8 Å². The van der Waals surface area contributed by atoms with E-state index < -0.39 is 10.7 Å². The normalized spacial score (nSPS) is 29.8. The van der Waals surface area contributed by atoms with Crippen LogP contribution in [0.2, 0.25) is 0 Å². The number of hydrogen-bond donors (Lipinski definition) is 1. The Kier molecular flexibility index (Phi) is 3.36. The fraction of sp³-hybridized carbons (Fsp3) is 0.357. The number of benzene rings is 1. The Hall–Kier alpha value is -2.02. The van der Waals surface area contributed by atoms with Gasteiger partial charge in [0.25, 0.3) is 5.91 Å². The van der Waals surface area contributed by atoms with E-state index in [9.17, 15) is 9.59 Å². The largest absolute Gasteiger partial charge is 0.494 e. The zero-order valence-electron chi connectivity index (χ0n) is 11.6. The molecular formula is C14H14N2O4S. The first kappa shape index (κ1) is 13.9. The number of cyclic esters (lactones) is 1. The smallest absolute Gasteiger partial charge is 0.332 e. The molecule has 0 unspecified atom stereocenters. The maximum absolute atomic E-state index is 12.2. The summed E-state index contributed by atoms with van der Waals surface area (Å²) < 4.78 is 9.14. The molecule has 2 fully saturated rings. The van der Waals surface area contributed by atoms with E-state index in [1.807, 2.05) is 12.1 Å². The molecule has 1 aromatic carbocycles. The Morgan fingerprint density at radius 1 is 1.43 bits per heavy atom.